The van der Waals surface area contributed by atoms with Gasteiger partial charge in [-0.25, -0.2) is 9.97 Å². The molecular formula is C17H20N4O2. The first-order valence-corrected chi connectivity index (χ1v) is 7.95. The van der Waals surface area contributed by atoms with Crippen LogP contribution in [-0.4, -0.2) is 47.8 Å². The predicted octanol–water partition coefficient (Wildman–Crippen LogP) is 1.67. The van der Waals surface area contributed by atoms with Crippen molar-refractivity contribution in [1.82, 2.24) is 14.9 Å². The molecule has 0 unspecified atom stereocenters. The summed E-state index contributed by atoms with van der Waals surface area (Å²) in [6, 6.07) is 8.25. The van der Waals surface area contributed by atoms with Crippen LogP contribution in [0.5, 0.6) is 5.75 Å². The van der Waals surface area contributed by atoms with Crippen LogP contribution in [0.2, 0.25) is 0 Å². The molecule has 0 saturated carbocycles. The van der Waals surface area contributed by atoms with Crippen LogP contribution < -0.4 is 9.64 Å². The third-order valence-corrected chi connectivity index (χ3v) is 4.29. The Hall–Kier alpha value is -2.18. The normalized spacial score (nSPS) is 18.3. The Morgan fingerprint density at radius 2 is 1.87 bits per heavy atom. The van der Waals surface area contributed by atoms with Gasteiger partial charge in [0.2, 0.25) is 5.95 Å². The molecule has 0 spiro atoms. The van der Waals surface area contributed by atoms with Crippen LogP contribution in [0.3, 0.4) is 0 Å². The van der Waals surface area contributed by atoms with E-state index in [1.165, 1.54) is 5.56 Å². The Kier molecular flexibility index (Phi) is 4.08. The van der Waals surface area contributed by atoms with E-state index in [9.17, 15) is 0 Å². The molecule has 2 aliphatic rings. The van der Waals surface area contributed by atoms with Gasteiger partial charge in [0.05, 0.1) is 6.61 Å². The lowest BCUT2D eigenvalue weighted by molar-refractivity contribution is -0.0164. The summed E-state index contributed by atoms with van der Waals surface area (Å²) in [6.45, 7) is 5.90. The minimum atomic E-state index is 0.357. The van der Waals surface area contributed by atoms with Gasteiger partial charge in [0, 0.05) is 50.7 Å². The monoisotopic (exact) mass is 312 g/mol. The van der Waals surface area contributed by atoms with Gasteiger partial charge >= 0.3 is 0 Å². The average Bonchev–Trinajstić information content (AvgIpc) is 2.63. The molecular weight excluding hydrogens is 292 g/mol. The van der Waals surface area contributed by atoms with Crippen molar-refractivity contribution < 1.29 is 9.47 Å². The summed E-state index contributed by atoms with van der Waals surface area (Å²) in [7, 11) is 0. The van der Waals surface area contributed by atoms with Gasteiger partial charge in [-0.15, -0.1) is 0 Å². The summed E-state index contributed by atoms with van der Waals surface area (Å²) in [5.74, 6) is 1.78. The van der Waals surface area contributed by atoms with Crippen LogP contribution in [-0.2, 0) is 17.9 Å². The van der Waals surface area contributed by atoms with E-state index in [1.54, 1.807) is 12.4 Å². The molecule has 1 aromatic carbocycles. The quantitative estimate of drug-likeness (QED) is 0.859. The van der Waals surface area contributed by atoms with Gasteiger partial charge in [0.25, 0.3) is 0 Å². The highest BCUT2D eigenvalue weighted by Gasteiger charge is 2.19. The molecule has 0 aliphatic carbocycles. The van der Waals surface area contributed by atoms with Gasteiger partial charge in [0.1, 0.15) is 5.75 Å². The number of nitrogens with zero attached hydrogens (tertiary/aromatic N) is 4. The minimum Gasteiger partial charge on any atom is -0.467 e. The van der Waals surface area contributed by atoms with E-state index < -0.39 is 0 Å². The molecule has 0 N–H and O–H groups in total. The molecule has 1 saturated heterocycles. The Labute approximate surface area is 135 Å². The number of benzene rings is 1. The number of rotatable bonds is 3. The minimum absolute atomic E-state index is 0.357. The van der Waals surface area contributed by atoms with Gasteiger partial charge in [-0.2, -0.15) is 0 Å². The SMILES string of the molecule is c1cnc(N2CCN(Cc3ccc4c(c3)COCO4)CC2)nc1. The summed E-state index contributed by atoms with van der Waals surface area (Å²) in [5, 5.41) is 0. The molecule has 0 radical (unpaired) electrons. The van der Waals surface area contributed by atoms with Crippen molar-refractivity contribution >= 4 is 5.95 Å². The number of piperazine rings is 1. The zero-order valence-electron chi connectivity index (χ0n) is 13.0. The van der Waals surface area contributed by atoms with Gasteiger partial charge in [-0.3, -0.25) is 4.90 Å². The van der Waals surface area contributed by atoms with Crippen molar-refractivity contribution in [3.63, 3.8) is 0 Å². The number of ether oxygens (including phenoxy) is 2. The maximum Gasteiger partial charge on any atom is 0.225 e. The molecule has 0 amide bonds. The fourth-order valence-electron chi connectivity index (χ4n) is 3.06. The van der Waals surface area contributed by atoms with Crippen LogP contribution in [0.1, 0.15) is 11.1 Å². The molecule has 6 heteroatoms. The topological polar surface area (TPSA) is 50.7 Å². The summed E-state index contributed by atoms with van der Waals surface area (Å²) in [4.78, 5) is 13.4. The zero-order chi connectivity index (χ0) is 15.5. The highest BCUT2D eigenvalue weighted by molar-refractivity contribution is 5.37. The van der Waals surface area contributed by atoms with Crippen molar-refractivity contribution in [2.75, 3.05) is 37.9 Å². The highest BCUT2D eigenvalue weighted by atomic mass is 16.7. The van der Waals surface area contributed by atoms with E-state index in [0.29, 0.717) is 13.4 Å². The Morgan fingerprint density at radius 1 is 1.04 bits per heavy atom. The Bertz CT molecular complexity index is 657. The van der Waals surface area contributed by atoms with Crippen LogP contribution in [0.4, 0.5) is 5.95 Å². The number of hydrogen-bond donors (Lipinski definition) is 0. The standard InChI is InChI=1S/C17H20N4O2/c1-4-18-17(19-5-1)21-8-6-20(7-9-21)11-14-2-3-16-15(10-14)12-22-13-23-16/h1-5,10H,6-9,11-13H2. The Balaban J connectivity index is 1.36. The van der Waals surface area contributed by atoms with Gasteiger partial charge in [-0.1, -0.05) is 6.07 Å². The second-order valence-corrected chi connectivity index (χ2v) is 5.86. The smallest absolute Gasteiger partial charge is 0.225 e. The van der Waals surface area contributed by atoms with Crippen LogP contribution >= 0.6 is 0 Å². The summed E-state index contributed by atoms with van der Waals surface area (Å²) in [6.07, 6.45) is 3.60. The number of hydrogen-bond acceptors (Lipinski definition) is 6. The molecule has 1 fully saturated rings. The first kappa shape index (κ1) is 14.4. The molecule has 2 aromatic rings. The lowest BCUT2D eigenvalue weighted by Crippen LogP contribution is -2.46. The van der Waals surface area contributed by atoms with Crippen LogP contribution in [0.15, 0.2) is 36.7 Å². The summed E-state index contributed by atoms with van der Waals surface area (Å²) < 4.78 is 10.8. The largest absolute Gasteiger partial charge is 0.467 e. The number of aromatic nitrogens is 2. The van der Waals surface area contributed by atoms with Crippen LogP contribution in [0.25, 0.3) is 0 Å². The van der Waals surface area contributed by atoms with Crippen LogP contribution in [0, 0.1) is 0 Å². The molecule has 0 bridgehead atoms. The van der Waals surface area contributed by atoms with E-state index >= 15 is 0 Å². The summed E-state index contributed by atoms with van der Waals surface area (Å²) >= 11 is 0. The predicted molar refractivity (Wildman–Crippen MR) is 86.2 cm³/mol. The fourth-order valence-corrected chi connectivity index (χ4v) is 3.06. The molecule has 3 heterocycles. The lowest BCUT2D eigenvalue weighted by atomic mass is 10.1. The molecule has 23 heavy (non-hydrogen) atoms. The van der Waals surface area contributed by atoms with Crippen molar-refractivity contribution in [3.05, 3.63) is 47.8 Å². The van der Waals surface area contributed by atoms with Gasteiger partial charge in [-0.05, 0) is 23.8 Å². The van der Waals surface area contributed by atoms with Crippen molar-refractivity contribution in [1.29, 1.82) is 0 Å². The first-order chi connectivity index (χ1) is 11.4. The second-order valence-electron chi connectivity index (χ2n) is 5.86. The van der Waals surface area contributed by atoms with E-state index in [2.05, 4.69) is 38.0 Å². The maximum atomic E-state index is 5.48. The lowest BCUT2D eigenvalue weighted by Gasteiger charge is -2.34. The second kappa shape index (κ2) is 6.52. The zero-order valence-corrected chi connectivity index (χ0v) is 13.0. The average molecular weight is 312 g/mol. The van der Waals surface area contributed by atoms with E-state index in [-0.39, 0.29) is 0 Å². The molecule has 2 aliphatic heterocycles. The third kappa shape index (κ3) is 3.28. The van der Waals surface area contributed by atoms with Gasteiger partial charge < -0.3 is 14.4 Å². The highest BCUT2D eigenvalue weighted by Crippen LogP contribution is 2.25. The van der Waals surface area contributed by atoms with E-state index in [1.807, 2.05) is 6.07 Å². The Morgan fingerprint density at radius 3 is 2.70 bits per heavy atom. The number of anilines is 1. The van der Waals surface area contributed by atoms with E-state index in [0.717, 1.165) is 50.0 Å². The van der Waals surface area contributed by atoms with Crippen molar-refractivity contribution in [2.24, 2.45) is 0 Å². The number of fused-ring (bicyclic) bond motifs is 1. The molecule has 4 rings (SSSR count). The van der Waals surface area contributed by atoms with Crippen molar-refractivity contribution in [3.8, 4) is 5.75 Å². The molecule has 120 valence electrons. The van der Waals surface area contributed by atoms with Gasteiger partial charge in [0.15, 0.2) is 6.79 Å². The molecule has 6 nitrogen and oxygen atoms in total. The van der Waals surface area contributed by atoms with E-state index in [4.69, 9.17) is 9.47 Å². The maximum absolute atomic E-state index is 5.48. The molecule has 0 atom stereocenters. The van der Waals surface area contributed by atoms with Crippen molar-refractivity contribution in [2.45, 2.75) is 13.2 Å². The summed E-state index contributed by atoms with van der Waals surface area (Å²) in [5.41, 5.74) is 2.45. The molecule has 1 aromatic heterocycles. The first-order valence-electron chi connectivity index (χ1n) is 7.95. The fraction of sp³-hybridized carbons (Fsp3) is 0.412. The third-order valence-electron chi connectivity index (χ3n) is 4.29.